The Balaban J connectivity index is 2.30. The Morgan fingerprint density at radius 3 is 2.35 bits per heavy atom. The van der Waals surface area contributed by atoms with E-state index in [4.69, 9.17) is 0 Å². The van der Waals surface area contributed by atoms with Crippen LogP contribution in [0.25, 0.3) is 17.2 Å². The van der Waals surface area contributed by atoms with Gasteiger partial charge in [-0.3, -0.25) is 0 Å². The van der Waals surface area contributed by atoms with Crippen LogP contribution in [-0.4, -0.2) is 6.67 Å². The van der Waals surface area contributed by atoms with Crippen LogP contribution in [0.2, 0.25) is 0 Å². The molecule has 0 radical (unpaired) electrons. The molecular weight excluding hydrogens is 211 g/mol. The molecular formula is C16H15F. The van der Waals surface area contributed by atoms with Crippen LogP contribution in [0.4, 0.5) is 4.39 Å². The van der Waals surface area contributed by atoms with Gasteiger partial charge in [0.2, 0.25) is 0 Å². The summed E-state index contributed by atoms with van der Waals surface area (Å²) in [5.41, 5.74) is 4.73. The van der Waals surface area contributed by atoms with Gasteiger partial charge in [0.25, 0.3) is 0 Å². The summed E-state index contributed by atoms with van der Waals surface area (Å²) in [7, 11) is 0. The lowest BCUT2D eigenvalue weighted by Gasteiger charge is -2.05. The first-order valence-corrected chi connectivity index (χ1v) is 5.70. The zero-order valence-corrected chi connectivity index (χ0v) is 9.86. The van der Waals surface area contributed by atoms with Gasteiger partial charge in [0.05, 0.1) is 0 Å². The lowest BCUT2D eigenvalue weighted by atomic mass is 9.99. The number of hydrogen-bond donors (Lipinski definition) is 0. The van der Waals surface area contributed by atoms with E-state index in [9.17, 15) is 4.39 Å². The minimum absolute atomic E-state index is 0.417. The van der Waals surface area contributed by atoms with Gasteiger partial charge < -0.3 is 0 Å². The van der Waals surface area contributed by atoms with E-state index in [-0.39, 0.29) is 0 Å². The molecule has 0 spiro atoms. The topological polar surface area (TPSA) is 0 Å². The highest BCUT2D eigenvalue weighted by Crippen LogP contribution is 2.23. The first-order chi connectivity index (χ1) is 8.31. The summed E-state index contributed by atoms with van der Waals surface area (Å²) in [6.45, 7) is 1.69. The number of allylic oxidation sites excluding steroid dienone is 1. The Labute approximate surface area is 101 Å². The van der Waals surface area contributed by atoms with Crippen LogP contribution < -0.4 is 0 Å². The minimum Gasteiger partial charge on any atom is -0.247 e. The molecule has 0 aliphatic rings. The Kier molecular flexibility index (Phi) is 3.71. The Morgan fingerprint density at radius 2 is 1.71 bits per heavy atom. The van der Waals surface area contributed by atoms with Crippen molar-refractivity contribution < 1.29 is 4.39 Å². The number of aryl methyl sites for hydroxylation is 1. The molecule has 0 aliphatic heterocycles. The fraction of sp³-hybridized carbons (Fsp3) is 0.125. The van der Waals surface area contributed by atoms with E-state index in [0.29, 0.717) is 0 Å². The first kappa shape index (κ1) is 11.6. The first-order valence-electron chi connectivity index (χ1n) is 5.70. The van der Waals surface area contributed by atoms with Crippen molar-refractivity contribution >= 4 is 6.08 Å². The van der Waals surface area contributed by atoms with Gasteiger partial charge in [-0.25, -0.2) is 4.39 Å². The smallest absolute Gasteiger partial charge is 0.108 e. The normalized spacial score (nSPS) is 10.9. The molecule has 0 bridgehead atoms. The average molecular weight is 226 g/mol. The molecule has 0 N–H and O–H groups in total. The maximum absolute atomic E-state index is 12.0. The highest BCUT2D eigenvalue weighted by molar-refractivity contribution is 5.68. The quantitative estimate of drug-likeness (QED) is 0.715. The van der Waals surface area contributed by atoms with Crippen molar-refractivity contribution in [3.63, 3.8) is 0 Å². The van der Waals surface area contributed by atoms with Crippen molar-refractivity contribution in [1.82, 2.24) is 0 Å². The number of hydrogen-bond acceptors (Lipinski definition) is 0. The van der Waals surface area contributed by atoms with Gasteiger partial charge >= 0.3 is 0 Å². The molecule has 0 fully saturated rings. The van der Waals surface area contributed by atoms with Crippen LogP contribution >= 0.6 is 0 Å². The van der Waals surface area contributed by atoms with Crippen molar-refractivity contribution in [2.75, 3.05) is 6.67 Å². The fourth-order valence-corrected chi connectivity index (χ4v) is 1.85. The molecule has 0 aliphatic carbocycles. The molecule has 86 valence electrons. The molecule has 2 rings (SSSR count). The second-order valence-electron chi connectivity index (χ2n) is 3.99. The zero-order valence-electron chi connectivity index (χ0n) is 9.86. The van der Waals surface area contributed by atoms with E-state index in [1.807, 2.05) is 24.3 Å². The summed E-state index contributed by atoms with van der Waals surface area (Å²) in [5.74, 6) is 0. The van der Waals surface area contributed by atoms with E-state index in [2.05, 4.69) is 31.2 Å². The predicted octanol–water partition coefficient (Wildman–Crippen LogP) is 4.64. The lowest BCUT2D eigenvalue weighted by Crippen LogP contribution is -1.82. The maximum Gasteiger partial charge on any atom is 0.108 e. The minimum atomic E-state index is -0.417. The number of rotatable bonds is 3. The number of alkyl halides is 1. The van der Waals surface area contributed by atoms with Crippen LogP contribution in [0.1, 0.15) is 11.1 Å². The van der Waals surface area contributed by atoms with Crippen molar-refractivity contribution in [3.05, 3.63) is 65.7 Å². The third kappa shape index (κ3) is 2.82. The highest BCUT2D eigenvalue weighted by atomic mass is 19.1. The van der Waals surface area contributed by atoms with Crippen LogP contribution in [0.5, 0.6) is 0 Å². The summed E-state index contributed by atoms with van der Waals surface area (Å²) in [4.78, 5) is 0. The summed E-state index contributed by atoms with van der Waals surface area (Å²) in [5, 5.41) is 0. The van der Waals surface area contributed by atoms with Crippen LogP contribution in [0, 0.1) is 6.92 Å². The largest absolute Gasteiger partial charge is 0.247 e. The molecule has 0 nitrogen and oxygen atoms in total. The molecule has 2 aromatic carbocycles. The van der Waals surface area contributed by atoms with Gasteiger partial charge in [0.1, 0.15) is 6.67 Å². The molecule has 2 aromatic rings. The molecule has 1 heteroatoms. The van der Waals surface area contributed by atoms with Gasteiger partial charge in [-0.15, -0.1) is 0 Å². The predicted molar refractivity (Wildman–Crippen MR) is 71.6 cm³/mol. The summed E-state index contributed by atoms with van der Waals surface area (Å²) < 4.78 is 12.0. The molecule has 0 saturated carbocycles. The van der Waals surface area contributed by atoms with Gasteiger partial charge in [-0.1, -0.05) is 60.7 Å². The Morgan fingerprint density at radius 1 is 1.00 bits per heavy atom. The van der Waals surface area contributed by atoms with Crippen LogP contribution in [0.3, 0.4) is 0 Å². The third-order valence-electron chi connectivity index (χ3n) is 2.77. The zero-order chi connectivity index (χ0) is 12.1. The number of benzene rings is 2. The van der Waals surface area contributed by atoms with Crippen molar-refractivity contribution in [2.45, 2.75) is 6.92 Å². The van der Waals surface area contributed by atoms with E-state index >= 15 is 0 Å². The summed E-state index contributed by atoms with van der Waals surface area (Å²) in [6.07, 6.45) is 3.31. The van der Waals surface area contributed by atoms with Gasteiger partial charge in [0, 0.05) is 0 Å². The molecule has 0 amide bonds. The monoisotopic (exact) mass is 226 g/mol. The van der Waals surface area contributed by atoms with Gasteiger partial charge in [-0.05, 0) is 29.2 Å². The lowest BCUT2D eigenvalue weighted by molar-refractivity contribution is 0.563. The van der Waals surface area contributed by atoms with E-state index in [0.717, 1.165) is 5.56 Å². The summed E-state index contributed by atoms with van der Waals surface area (Å²) in [6, 6.07) is 16.5. The standard InChI is InChI=1S/C16H15F/c1-13-5-2-3-7-16(13)15-10-8-14(9-11-15)6-4-12-17/h2-11H,12H2,1H3. The van der Waals surface area contributed by atoms with E-state index in [1.54, 1.807) is 6.08 Å². The fourth-order valence-electron chi connectivity index (χ4n) is 1.85. The van der Waals surface area contributed by atoms with Crippen LogP contribution in [0.15, 0.2) is 54.6 Å². The van der Waals surface area contributed by atoms with E-state index in [1.165, 1.54) is 22.8 Å². The highest BCUT2D eigenvalue weighted by Gasteiger charge is 1.99. The summed E-state index contributed by atoms with van der Waals surface area (Å²) >= 11 is 0. The van der Waals surface area contributed by atoms with Gasteiger partial charge in [0.15, 0.2) is 0 Å². The maximum atomic E-state index is 12.0. The second kappa shape index (κ2) is 5.44. The molecule has 0 unspecified atom stereocenters. The molecule has 17 heavy (non-hydrogen) atoms. The SMILES string of the molecule is Cc1ccccc1-c1ccc(C=CCF)cc1. The van der Waals surface area contributed by atoms with E-state index < -0.39 is 6.67 Å². The van der Waals surface area contributed by atoms with Crippen LogP contribution in [-0.2, 0) is 0 Å². The van der Waals surface area contributed by atoms with Crippen molar-refractivity contribution in [1.29, 1.82) is 0 Å². The van der Waals surface area contributed by atoms with Crippen molar-refractivity contribution in [2.24, 2.45) is 0 Å². The third-order valence-corrected chi connectivity index (χ3v) is 2.77. The van der Waals surface area contributed by atoms with Crippen molar-refractivity contribution in [3.8, 4) is 11.1 Å². The van der Waals surface area contributed by atoms with Gasteiger partial charge in [-0.2, -0.15) is 0 Å². The molecule has 0 heterocycles. The Bertz CT molecular complexity index is 509. The molecule has 0 aromatic heterocycles. The second-order valence-corrected chi connectivity index (χ2v) is 3.99. The molecule has 0 atom stereocenters. The molecule has 0 saturated heterocycles. The number of halogens is 1. The average Bonchev–Trinajstić information content (AvgIpc) is 2.38. The Hall–Kier alpha value is -1.89.